The number of hydrogen-bond acceptors (Lipinski definition) is 7. The molecule has 1 aromatic carbocycles. The Morgan fingerprint density at radius 3 is 3.00 bits per heavy atom. The van der Waals surface area contributed by atoms with Crippen LogP contribution >= 0.6 is 0 Å². The van der Waals surface area contributed by atoms with Crippen LogP contribution in [0.15, 0.2) is 28.8 Å². The SMILES string of the molecule is COc1cccc(-c2noc(CN3CCCC(C4OCCO4)C3)n2)c1. The first-order valence-electron chi connectivity index (χ1n) is 8.74. The zero-order valence-electron chi connectivity index (χ0n) is 14.4. The average Bonchev–Trinajstić information content (AvgIpc) is 3.34. The second-order valence-electron chi connectivity index (χ2n) is 6.49. The maximum Gasteiger partial charge on any atom is 0.241 e. The van der Waals surface area contributed by atoms with Gasteiger partial charge in [-0.1, -0.05) is 17.3 Å². The number of likely N-dealkylation sites (tertiary alicyclic amines) is 1. The predicted octanol–water partition coefficient (Wildman–Crippen LogP) is 2.33. The summed E-state index contributed by atoms with van der Waals surface area (Å²) in [6.45, 7) is 4.02. The van der Waals surface area contributed by atoms with Gasteiger partial charge in [0.15, 0.2) is 6.29 Å². The molecule has 2 aliphatic heterocycles. The number of ether oxygens (including phenoxy) is 3. The number of piperidine rings is 1. The number of methoxy groups -OCH3 is 1. The van der Waals surface area contributed by atoms with Crippen molar-refractivity contribution in [2.75, 3.05) is 33.4 Å². The van der Waals surface area contributed by atoms with E-state index in [1.54, 1.807) is 7.11 Å². The van der Waals surface area contributed by atoms with E-state index >= 15 is 0 Å². The first-order valence-corrected chi connectivity index (χ1v) is 8.74. The van der Waals surface area contributed by atoms with Crippen molar-refractivity contribution in [3.63, 3.8) is 0 Å². The van der Waals surface area contributed by atoms with Crippen LogP contribution in [0, 0.1) is 5.92 Å². The first kappa shape index (κ1) is 16.5. The van der Waals surface area contributed by atoms with Crippen LogP contribution in [-0.4, -0.2) is 54.7 Å². The van der Waals surface area contributed by atoms with Crippen molar-refractivity contribution in [1.82, 2.24) is 15.0 Å². The summed E-state index contributed by atoms with van der Waals surface area (Å²) < 4.78 is 22.0. The summed E-state index contributed by atoms with van der Waals surface area (Å²) >= 11 is 0. The highest BCUT2D eigenvalue weighted by molar-refractivity contribution is 5.56. The van der Waals surface area contributed by atoms with E-state index in [0.29, 0.717) is 37.4 Å². The van der Waals surface area contributed by atoms with E-state index < -0.39 is 0 Å². The summed E-state index contributed by atoms with van der Waals surface area (Å²) in [5.41, 5.74) is 0.888. The second-order valence-corrected chi connectivity index (χ2v) is 6.49. The molecule has 3 heterocycles. The highest BCUT2D eigenvalue weighted by Gasteiger charge is 2.31. The molecule has 0 aliphatic carbocycles. The molecule has 25 heavy (non-hydrogen) atoms. The molecule has 1 unspecified atom stereocenters. The Hall–Kier alpha value is -1.96. The van der Waals surface area contributed by atoms with Crippen LogP contribution in [-0.2, 0) is 16.0 Å². The molecule has 0 amide bonds. The van der Waals surface area contributed by atoms with Gasteiger partial charge in [0.1, 0.15) is 5.75 Å². The molecule has 2 fully saturated rings. The van der Waals surface area contributed by atoms with Gasteiger partial charge in [-0.05, 0) is 31.5 Å². The van der Waals surface area contributed by atoms with E-state index in [-0.39, 0.29) is 6.29 Å². The van der Waals surface area contributed by atoms with Gasteiger partial charge in [-0.15, -0.1) is 0 Å². The van der Waals surface area contributed by atoms with Gasteiger partial charge in [0.05, 0.1) is 26.9 Å². The predicted molar refractivity (Wildman–Crippen MR) is 90.0 cm³/mol. The Morgan fingerprint density at radius 2 is 2.16 bits per heavy atom. The highest BCUT2D eigenvalue weighted by atomic mass is 16.7. The summed E-state index contributed by atoms with van der Waals surface area (Å²) in [7, 11) is 1.64. The molecular weight excluding hydrogens is 322 g/mol. The molecule has 134 valence electrons. The Morgan fingerprint density at radius 1 is 1.28 bits per heavy atom. The Kier molecular flexibility index (Phi) is 4.96. The first-order chi connectivity index (χ1) is 12.3. The van der Waals surface area contributed by atoms with Crippen molar-refractivity contribution in [3.8, 4) is 17.1 Å². The van der Waals surface area contributed by atoms with Crippen molar-refractivity contribution >= 4 is 0 Å². The van der Waals surface area contributed by atoms with E-state index in [1.807, 2.05) is 24.3 Å². The fourth-order valence-electron chi connectivity index (χ4n) is 3.50. The minimum atomic E-state index is -0.0576. The van der Waals surface area contributed by atoms with E-state index in [0.717, 1.165) is 37.2 Å². The van der Waals surface area contributed by atoms with E-state index in [9.17, 15) is 0 Å². The Labute approximate surface area is 146 Å². The summed E-state index contributed by atoms with van der Waals surface area (Å²) in [6.07, 6.45) is 2.21. The topological polar surface area (TPSA) is 69.9 Å². The number of hydrogen-bond donors (Lipinski definition) is 0. The van der Waals surface area contributed by atoms with Crippen LogP contribution in [0.5, 0.6) is 5.75 Å². The quantitative estimate of drug-likeness (QED) is 0.823. The molecule has 0 spiro atoms. The van der Waals surface area contributed by atoms with Crippen LogP contribution in [0.1, 0.15) is 18.7 Å². The van der Waals surface area contributed by atoms with E-state index in [4.69, 9.17) is 18.7 Å². The monoisotopic (exact) mass is 345 g/mol. The minimum absolute atomic E-state index is 0.0576. The van der Waals surface area contributed by atoms with Gasteiger partial charge in [-0.25, -0.2) is 0 Å². The van der Waals surface area contributed by atoms with E-state index in [2.05, 4.69) is 15.0 Å². The Balaban J connectivity index is 1.40. The van der Waals surface area contributed by atoms with Gasteiger partial charge in [-0.3, -0.25) is 4.90 Å². The van der Waals surface area contributed by atoms with Crippen molar-refractivity contribution in [3.05, 3.63) is 30.2 Å². The molecule has 0 bridgehead atoms. The third-order valence-electron chi connectivity index (χ3n) is 4.73. The lowest BCUT2D eigenvalue weighted by Gasteiger charge is -2.33. The van der Waals surface area contributed by atoms with Gasteiger partial charge >= 0.3 is 0 Å². The van der Waals surface area contributed by atoms with Crippen molar-refractivity contribution in [2.45, 2.75) is 25.7 Å². The van der Waals surface area contributed by atoms with Gasteiger partial charge < -0.3 is 18.7 Å². The van der Waals surface area contributed by atoms with Crippen LogP contribution in [0.3, 0.4) is 0 Å². The third-order valence-corrected chi connectivity index (χ3v) is 4.73. The average molecular weight is 345 g/mol. The fraction of sp³-hybridized carbons (Fsp3) is 0.556. The van der Waals surface area contributed by atoms with Gasteiger partial charge in [0.25, 0.3) is 0 Å². The normalized spacial score (nSPS) is 22.4. The molecule has 7 heteroatoms. The lowest BCUT2D eigenvalue weighted by molar-refractivity contribution is -0.101. The molecular formula is C18H23N3O4. The molecule has 2 aromatic rings. The van der Waals surface area contributed by atoms with Crippen molar-refractivity contribution in [1.29, 1.82) is 0 Å². The summed E-state index contributed by atoms with van der Waals surface area (Å²) in [6, 6.07) is 7.66. The number of aromatic nitrogens is 2. The summed E-state index contributed by atoms with van der Waals surface area (Å²) in [5.74, 6) is 2.41. The number of rotatable bonds is 5. The van der Waals surface area contributed by atoms with Crippen LogP contribution in [0.2, 0.25) is 0 Å². The Bertz CT molecular complexity index is 699. The van der Waals surface area contributed by atoms with Crippen molar-refractivity contribution < 1.29 is 18.7 Å². The molecule has 1 atom stereocenters. The van der Waals surface area contributed by atoms with Crippen LogP contribution in [0.4, 0.5) is 0 Å². The zero-order valence-corrected chi connectivity index (χ0v) is 14.4. The molecule has 2 aliphatic rings. The molecule has 0 saturated carbocycles. The molecule has 1 aromatic heterocycles. The van der Waals surface area contributed by atoms with Crippen LogP contribution in [0.25, 0.3) is 11.4 Å². The maximum atomic E-state index is 5.66. The zero-order chi connectivity index (χ0) is 17.1. The van der Waals surface area contributed by atoms with Crippen LogP contribution < -0.4 is 4.74 Å². The maximum absolute atomic E-state index is 5.66. The minimum Gasteiger partial charge on any atom is -0.497 e. The molecule has 7 nitrogen and oxygen atoms in total. The highest BCUT2D eigenvalue weighted by Crippen LogP contribution is 2.26. The smallest absolute Gasteiger partial charge is 0.241 e. The van der Waals surface area contributed by atoms with Gasteiger partial charge in [-0.2, -0.15) is 4.98 Å². The summed E-state index contributed by atoms with van der Waals surface area (Å²) in [4.78, 5) is 6.87. The molecule has 0 N–H and O–H groups in total. The number of benzene rings is 1. The fourth-order valence-corrected chi connectivity index (χ4v) is 3.50. The van der Waals surface area contributed by atoms with Crippen molar-refractivity contribution in [2.24, 2.45) is 5.92 Å². The number of nitrogens with zero attached hydrogens (tertiary/aromatic N) is 3. The molecule has 0 radical (unpaired) electrons. The molecule has 2 saturated heterocycles. The van der Waals surface area contributed by atoms with Gasteiger partial charge in [0, 0.05) is 18.0 Å². The second kappa shape index (κ2) is 7.51. The lowest BCUT2D eigenvalue weighted by atomic mass is 9.97. The lowest BCUT2D eigenvalue weighted by Crippen LogP contribution is -2.40. The standard InChI is InChI=1S/C18H23N3O4/c1-22-15-6-2-4-13(10-15)17-19-16(25-20-17)12-21-7-3-5-14(11-21)18-23-8-9-24-18/h2,4,6,10,14,18H,3,5,7-9,11-12H2,1H3. The third kappa shape index (κ3) is 3.84. The largest absolute Gasteiger partial charge is 0.497 e. The van der Waals surface area contributed by atoms with Gasteiger partial charge in [0.2, 0.25) is 11.7 Å². The molecule has 4 rings (SSSR count). The summed E-state index contributed by atoms with van der Waals surface area (Å²) in [5, 5.41) is 4.11. The van der Waals surface area contributed by atoms with E-state index in [1.165, 1.54) is 0 Å².